The van der Waals surface area contributed by atoms with E-state index in [0.717, 1.165) is 16.5 Å². The maximum Gasteiger partial charge on any atom is 0.344 e. The average molecular weight is 242 g/mol. The number of aromatic nitrogens is 1. The van der Waals surface area contributed by atoms with E-state index in [-0.39, 0.29) is 17.3 Å². The first kappa shape index (κ1) is 12.3. The summed E-state index contributed by atoms with van der Waals surface area (Å²) in [6.07, 6.45) is 1.21. The predicted octanol–water partition coefficient (Wildman–Crippen LogP) is 0.374. The minimum atomic E-state index is -0.510. The maximum absolute atomic E-state index is 11.3. The largest absolute Gasteiger partial charge is 0.462 e. The summed E-state index contributed by atoms with van der Waals surface area (Å²) in [7, 11) is 0. The Labute approximate surface area is 96.5 Å². The number of amidine groups is 1. The first-order valence-corrected chi connectivity index (χ1v) is 5.30. The summed E-state index contributed by atoms with van der Waals surface area (Å²) >= 11 is 0.881. The van der Waals surface area contributed by atoms with Gasteiger partial charge in [-0.2, -0.15) is 0 Å². The summed E-state index contributed by atoms with van der Waals surface area (Å²) in [5.74, 6) is -0.510. The quantitative estimate of drug-likeness (QED) is 0.178. The molecule has 0 amide bonds. The first-order valence-electron chi connectivity index (χ1n) is 4.48. The molecule has 1 aromatic rings. The van der Waals surface area contributed by atoms with Gasteiger partial charge in [-0.05, 0) is 13.0 Å². The van der Waals surface area contributed by atoms with Crippen molar-refractivity contribution in [1.29, 1.82) is 5.41 Å². The summed E-state index contributed by atoms with van der Waals surface area (Å²) in [6.45, 7) is 1.97. The Morgan fingerprint density at radius 1 is 1.69 bits per heavy atom. The Hall–Kier alpha value is -1.76. The maximum atomic E-state index is 11.3. The summed E-state index contributed by atoms with van der Waals surface area (Å²) < 4.78 is 5.50. The van der Waals surface area contributed by atoms with Crippen molar-refractivity contribution in [2.75, 3.05) is 6.61 Å². The third-order valence-corrected chi connectivity index (χ3v) is 2.37. The van der Waals surface area contributed by atoms with Gasteiger partial charge in [-0.25, -0.2) is 4.79 Å². The summed E-state index contributed by atoms with van der Waals surface area (Å²) in [5, 5.41) is 16.8. The van der Waals surface area contributed by atoms with E-state index >= 15 is 0 Å². The summed E-state index contributed by atoms with van der Waals surface area (Å²) in [6, 6.07) is 2.98. The number of thioether (sulfide) groups is 1. The van der Waals surface area contributed by atoms with Crippen molar-refractivity contribution in [2.24, 2.45) is 5.73 Å². The molecule has 0 aromatic carbocycles. The fourth-order valence-corrected chi connectivity index (χ4v) is 1.51. The molecule has 0 spiro atoms. The Kier molecular flexibility index (Phi) is 4.12. The second-order valence-corrected chi connectivity index (χ2v) is 3.85. The van der Waals surface area contributed by atoms with E-state index in [1.165, 1.54) is 18.3 Å². The molecular weight excluding hydrogens is 230 g/mol. The van der Waals surface area contributed by atoms with Crippen molar-refractivity contribution in [3.8, 4) is 0 Å². The SMILES string of the molecule is CCOC(=O)c1ccc(SC(=N)N)[n+](O)c1. The minimum Gasteiger partial charge on any atom is -0.462 e. The second kappa shape index (κ2) is 5.36. The molecule has 7 heteroatoms. The molecule has 0 saturated carbocycles. The van der Waals surface area contributed by atoms with Crippen molar-refractivity contribution in [3.05, 3.63) is 23.9 Å². The van der Waals surface area contributed by atoms with E-state index in [1.807, 2.05) is 0 Å². The molecule has 0 aliphatic carbocycles. The molecule has 86 valence electrons. The predicted molar refractivity (Wildman–Crippen MR) is 57.5 cm³/mol. The number of nitrogens with two attached hydrogens (primary N) is 1. The highest BCUT2D eigenvalue weighted by atomic mass is 32.2. The minimum absolute atomic E-state index is 0.147. The Morgan fingerprint density at radius 3 is 2.88 bits per heavy atom. The zero-order chi connectivity index (χ0) is 12.1. The van der Waals surface area contributed by atoms with Gasteiger partial charge in [0.05, 0.1) is 6.61 Å². The topological polar surface area (TPSA) is 100 Å². The van der Waals surface area contributed by atoms with E-state index < -0.39 is 5.97 Å². The fourth-order valence-electron chi connectivity index (χ4n) is 1.00. The number of ether oxygens (including phenoxy) is 1. The van der Waals surface area contributed by atoms with Gasteiger partial charge < -0.3 is 10.5 Å². The Balaban J connectivity index is 2.90. The van der Waals surface area contributed by atoms with Crippen molar-refractivity contribution >= 4 is 22.9 Å². The van der Waals surface area contributed by atoms with Gasteiger partial charge in [-0.3, -0.25) is 10.6 Å². The van der Waals surface area contributed by atoms with E-state index in [4.69, 9.17) is 15.9 Å². The molecule has 0 aliphatic rings. The lowest BCUT2D eigenvalue weighted by atomic mass is 10.3. The number of pyridine rings is 1. The first-order chi connectivity index (χ1) is 7.54. The van der Waals surface area contributed by atoms with Gasteiger partial charge in [0.15, 0.2) is 5.17 Å². The number of carbonyl (C=O) groups excluding carboxylic acids is 1. The molecule has 16 heavy (non-hydrogen) atoms. The van der Waals surface area contributed by atoms with Crippen LogP contribution >= 0.6 is 11.8 Å². The molecule has 0 radical (unpaired) electrons. The van der Waals surface area contributed by atoms with Crippen LogP contribution in [0, 0.1) is 5.41 Å². The fraction of sp³-hybridized carbons (Fsp3) is 0.222. The number of hydrogen-bond acceptors (Lipinski definition) is 5. The molecule has 0 aliphatic heterocycles. The molecular formula is C9H12N3O3S+. The highest BCUT2D eigenvalue weighted by Gasteiger charge is 2.17. The van der Waals surface area contributed by atoms with Gasteiger partial charge in [-0.15, -0.1) is 0 Å². The number of hydrogen-bond donors (Lipinski definition) is 3. The normalized spacial score (nSPS) is 9.81. The number of esters is 1. The third kappa shape index (κ3) is 3.13. The molecule has 0 atom stereocenters. The van der Waals surface area contributed by atoms with Crippen LogP contribution in [0.5, 0.6) is 0 Å². The van der Waals surface area contributed by atoms with Gasteiger partial charge in [0.1, 0.15) is 5.56 Å². The lowest BCUT2D eigenvalue weighted by molar-refractivity contribution is -0.932. The number of nitrogens with zero attached hydrogens (tertiary/aromatic N) is 1. The molecule has 1 rings (SSSR count). The van der Waals surface area contributed by atoms with E-state index in [1.54, 1.807) is 6.92 Å². The van der Waals surface area contributed by atoms with Crippen LogP contribution < -0.4 is 10.5 Å². The van der Waals surface area contributed by atoms with Crippen molar-refractivity contribution in [3.63, 3.8) is 0 Å². The molecule has 0 unspecified atom stereocenters. The number of nitrogens with one attached hydrogen (secondary N) is 1. The van der Waals surface area contributed by atoms with Crippen LogP contribution in [0.1, 0.15) is 17.3 Å². The monoisotopic (exact) mass is 242 g/mol. The van der Waals surface area contributed by atoms with Crippen LogP contribution in [0.25, 0.3) is 0 Å². The van der Waals surface area contributed by atoms with Crippen LogP contribution in [0.3, 0.4) is 0 Å². The molecule has 0 bridgehead atoms. The highest BCUT2D eigenvalue weighted by molar-refractivity contribution is 8.13. The molecule has 1 heterocycles. The Bertz CT molecular complexity index is 422. The molecule has 4 N–H and O–H groups in total. The van der Waals surface area contributed by atoms with Crippen LogP contribution in [-0.4, -0.2) is 23.0 Å². The van der Waals surface area contributed by atoms with Crippen LogP contribution in [0.4, 0.5) is 0 Å². The van der Waals surface area contributed by atoms with Crippen LogP contribution in [0.15, 0.2) is 23.4 Å². The van der Waals surface area contributed by atoms with E-state index in [0.29, 0.717) is 5.03 Å². The summed E-state index contributed by atoms with van der Waals surface area (Å²) in [4.78, 5) is 11.3. The summed E-state index contributed by atoms with van der Waals surface area (Å²) in [5.41, 5.74) is 5.40. The third-order valence-electron chi connectivity index (χ3n) is 1.62. The van der Waals surface area contributed by atoms with Gasteiger partial charge in [0.2, 0.25) is 6.20 Å². The van der Waals surface area contributed by atoms with Gasteiger partial charge >= 0.3 is 5.97 Å². The lowest BCUT2D eigenvalue weighted by Crippen LogP contribution is -2.34. The molecule has 6 nitrogen and oxygen atoms in total. The molecule has 1 aromatic heterocycles. The lowest BCUT2D eigenvalue weighted by Gasteiger charge is -2.00. The van der Waals surface area contributed by atoms with Crippen LogP contribution in [-0.2, 0) is 4.74 Å². The molecule has 0 saturated heterocycles. The highest BCUT2D eigenvalue weighted by Crippen LogP contribution is 2.12. The van der Waals surface area contributed by atoms with Gasteiger partial charge in [-0.1, -0.05) is 0 Å². The molecule has 0 fully saturated rings. The van der Waals surface area contributed by atoms with Crippen LogP contribution in [0.2, 0.25) is 0 Å². The van der Waals surface area contributed by atoms with Gasteiger partial charge in [0, 0.05) is 22.6 Å². The van der Waals surface area contributed by atoms with Crippen molar-refractivity contribution in [1.82, 2.24) is 0 Å². The smallest absolute Gasteiger partial charge is 0.344 e. The zero-order valence-electron chi connectivity index (χ0n) is 8.64. The zero-order valence-corrected chi connectivity index (χ0v) is 9.45. The Morgan fingerprint density at radius 2 is 2.38 bits per heavy atom. The van der Waals surface area contributed by atoms with Gasteiger partial charge in [0.25, 0.3) is 5.03 Å². The number of carbonyl (C=O) groups is 1. The number of rotatable bonds is 3. The van der Waals surface area contributed by atoms with Crippen molar-refractivity contribution < 1.29 is 19.5 Å². The standard InChI is InChI=1S/C9H12N3O3S/c1-2-15-8(13)6-3-4-7(12(14)5-6)16-9(10)11/h3-5,14H,2H2,1H3,(H3,10,11)/q+1. The van der Waals surface area contributed by atoms with Crippen molar-refractivity contribution in [2.45, 2.75) is 11.9 Å². The van der Waals surface area contributed by atoms with E-state index in [9.17, 15) is 10.0 Å². The van der Waals surface area contributed by atoms with E-state index in [2.05, 4.69) is 0 Å². The average Bonchev–Trinajstić information content (AvgIpc) is 2.20. The second-order valence-electron chi connectivity index (χ2n) is 2.79.